The summed E-state index contributed by atoms with van der Waals surface area (Å²) >= 11 is 0. The zero-order valence-electron chi connectivity index (χ0n) is 11.0. The van der Waals surface area contributed by atoms with Gasteiger partial charge in [0.15, 0.2) is 0 Å². The number of pyridine rings is 1. The van der Waals surface area contributed by atoms with Crippen molar-refractivity contribution in [2.45, 2.75) is 6.92 Å². The third-order valence-corrected chi connectivity index (χ3v) is 3.22. The lowest BCUT2D eigenvalue weighted by Crippen LogP contribution is -1.97. The van der Waals surface area contributed by atoms with Crippen LogP contribution in [-0.2, 0) is 9.53 Å². The number of nitrogens with zero attached hydrogens (tertiary/aromatic N) is 1. The second kappa shape index (κ2) is 5.13. The molecule has 2 heterocycles. The maximum absolute atomic E-state index is 12.1. The van der Waals surface area contributed by atoms with Crippen LogP contribution in [0.15, 0.2) is 66.2 Å². The van der Waals surface area contributed by atoms with E-state index in [9.17, 15) is 4.79 Å². The Hall–Kier alpha value is -2.68. The van der Waals surface area contributed by atoms with Crippen molar-refractivity contribution in [3.63, 3.8) is 0 Å². The molecule has 2 aromatic rings. The minimum Gasteiger partial charge on any atom is -0.423 e. The number of allylic oxidation sites excluding steroid dienone is 1. The Bertz CT molecular complexity index is 700. The lowest BCUT2D eigenvalue weighted by molar-refractivity contribution is -0.131. The first-order valence-electron chi connectivity index (χ1n) is 6.36. The molecule has 0 bridgehead atoms. The molecule has 20 heavy (non-hydrogen) atoms. The molecule has 0 aliphatic carbocycles. The minimum atomic E-state index is -0.297. The molecule has 3 heteroatoms. The average Bonchev–Trinajstić information content (AvgIpc) is 2.75. The summed E-state index contributed by atoms with van der Waals surface area (Å²) in [5.41, 5.74) is 3.33. The SMILES string of the molecule is CC1=C(c2ccccc2)C(=O)O/C1=C\c1ccncc1. The molecule has 3 rings (SSSR count). The van der Waals surface area contributed by atoms with Crippen LogP contribution >= 0.6 is 0 Å². The molecule has 0 radical (unpaired) electrons. The molecule has 98 valence electrons. The fourth-order valence-electron chi connectivity index (χ4n) is 2.19. The van der Waals surface area contributed by atoms with Gasteiger partial charge in [-0.3, -0.25) is 4.98 Å². The number of rotatable bonds is 2. The number of hydrogen-bond donors (Lipinski definition) is 0. The van der Waals surface area contributed by atoms with E-state index in [-0.39, 0.29) is 5.97 Å². The van der Waals surface area contributed by atoms with E-state index in [4.69, 9.17) is 4.74 Å². The van der Waals surface area contributed by atoms with E-state index < -0.39 is 0 Å². The molecule has 1 aliphatic heterocycles. The van der Waals surface area contributed by atoms with Gasteiger partial charge < -0.3 is 4.74 Å². The van der Waals surface area contributed by atoms with Gasteiger partial charge in [0, 0.05) is 18.0 Å². The number of carbonyl (C=O) groups excluding carboxylic acids is 1. The molecule has 0 unspecified atom stereocenters. The third-order valence-electron chi connectivity index (χ3n) is 3.22. The van der Waals surface area contributed by atoms with Crippen LogP contribution in [-0.4, -0.2) is 11.0 Å². The number of carbonyl (C=O) groups is 1. The highest BCUT2D eigenvalue weighted by Crippen LogP contribution is 2.33. The van der Waals surface area contributed by atoms with E-state index in [0.29, 0.717) is 11.3 Å². The molecule has 1 aliphatic rings. The maximum atomic E-state index is 12.1. The van der Waals surface area contributed by atoms with Crippen LogP contribution in [0.25, 0.3) is 11.6 Å². The first-order chi connectivity index (χ1) is 9.75. The van der Waals surface area contributed by atoms with Crippen molar-refractivity contribution in [1.29, 1.82) is 0 Å². The standard InChI is InChI=1S/C17H13NO2/c1-12-15(11-13-7-9-18-10-8-13)20-17(19)16(12)14-5-3-2-4-6-14/h2-11H,1H3/b15-11-. The molecule has 0 saturated heterocycles. The largest absolute Gasteiger partial charge is 0.423 e. The fourth-order valence-corrected chi connectivity index (χ4v) is 2.19. The highest BCUT2D eigenvalue weighted by atomic mass is 16.5. The first-order valence-corrected chi connectivity index (χ1v) is 6.36. The van der Waals surface area contributed by atoms with E-state index >= 15 is 0 Å². The molecular formula is C17H13NO2. The van der Waals surface area contributed by atoms with Gasteiger partial charge in [0.25, 0.3) is 0 Å². The quantitative estimate of drug-likeness (QED) is 0.779. The summed E-state index contributed by atoms with van der Waals surface area (Å²) in [6.07, 6.45) is 5.27. The molecule has 1 aromatic heterocycles. The van der Waals surface area contributed by atoms with Crippen molar-refractivity contribution >= 4 is 17.6 Å². The van der Waals surface area contributed by atoms with Crippen LogP contribution in [0.3, 0.4) is 0 Å². The van der Waals surface area contributed by atoms with Crippen molar-refractivity contribution in [2.75, 3.05) is 0 Å². The Balaban J connectivity index is 2.03. The third kappa shape index (κ3) is 2.26. The summed E-state index contributed by atoms with van der Waals surface area (Å²) in [6, 6.07) is 13.3. The van der Waals surface area contributed by atoms with Crippen LogP contribution < -0.4 is 0 Å². The lowest BCUT2D eigenvalue weighted by Gasteiger charge is -1.99. The Morgan fingerprint density at radius 1 is 1.05 bits per heavy atom. The van der Waals surface area contributed by atoms with E-state index in [0.717, 1.165) is 16.7 Å². The summed E-state index contributed by atoms with van der Waals surface area (Å²) in [6.45, 7) is 1.90. The smallest absolute Gasteiger partial charge is 0.344 e. The number of esters is 1. The van der Waals surface area contributed by atoms with Gasteiger partial charge >= 0.3 is 5.97 Å². The predicted molar refractivity (Wildman–Crippen MR) is 77.3 cm³/mol. The first kappa shape index (κ1) is 12.4. The Morgan fingerprint density at radius 2 is 1.75 bits per heavy atom. The lowest BCUT2D eigenvalue weighted by atomic mass is 10.0. The fraction of sp³-hybridized carbons (Fsp3) is 0.0588. The van der Waals surface area contributed by atoms with Gasteiger partial charge in [-0.25, -0.2) is 4.79 Å². The summed E-state index contributed by atoms with van der Waals surface area (Å²) in [5.74, 6) is 0.300. The van der Waals surface area contributed by atoms with E-state index in [1.165, 1.54) is 0 Å². The topological polar surface area (TPSA) is 39.2 Å². The van der Waals surface area contributed by atoms with Gasteiger partial charge in [-0.2, -0.15) is 0 Å². The number of aromatic nitrogens is 1. The molecule has 0 amide bonds. The van der Waals surface area contributed by atoms with Gasteiger partial charge in [0.1, 0.15) is 5.76 Å². The van der Waals surface area contributed by atoms with Crippen molar-refractivity contribution in [3.8, 4) is 0 Å². The van der Waals surface area contributed by atoms with Crippen LogP contribution in [0, 0.1) is 0 Å². The Kier molecular flexibility index (Phi) is 3.17. The second-order valence-corrected chi connectivity index (χ2v) is 4.54. The van der Waals surface area contributed by atoms with Gasteiger partial charge in [0.05, 0.1) is 5.57 Å². The summed E-state index contributed by atoms with van der Waals surface area (Å²) in [5, 5.41) is 0. The zero-order valence-corrected chi connectivity index (χ0v) is 11.0. The van der Waals surface area contributed by atoms with E-state index in [1.54, 1.807) is 12.4 Å². The molecule has 0 spiro atoms. The maximum Gasteiger partial charge on any atom is 0.344 e. The van der Waals surface area contributed by atoms with E-state index in [2.05, 4.69) is 4.98 Å². The zero-order chi connectivity index (χ0) is 13.9. The summed E-state index contributed by atoms with van der Waals surface area (Å²) in [7, 11) is 0. The van der Waals surface area contributed by atoms with Crippen molar-refractivity contribution in [1.82, 2.24) is 4.98 Å². The molecule has 3 nitrogen and oxygen atoms in total. The molecule has 0 fully saturated rings. The van der Waals surface area contributed by atoms with Gasteiger partial charge in [0.2, 0.25) is 0 Å². The summed E-state index contributed by atoms with van der Waals surface area (Å²) < 4.78 is 5.37. The number of hydrogen-bond acceptors (Lipinski definition) is 3. The monoisotopic (exact) mass is 263 g/mol. The van der Waals surface area contributed by atoms with Crippen molar-refractivity contribution in [2.24, 2.45) is 0 Å². The Morgan fingerprint density at radius 3 is 2.45 bits per heavy atom. The second-order valence-electron chi connectivity index (χ2n) is 4.54. The number of ether oxygens (including phenoxy) is 1. The normalized spacial score (nSPS) is 16.6. The Labute approximate surface area is 117 Å². The van der Waals surface area contributed by atoms with E-state index in [1.807, 2.05) is 55.5 Å². The van der Waals surface area contributed by atoms with Crippen LogP contribution in [0.5, 0.6) is 0 Å². The van der Waals surface area contributed by atoms with Crippen LogP contribution in [0.2, 0.25) is 0 Å². The molecule has 0 N–H and O–H groups in total. The highest BCUT2D eigenvalue weighted by molar-refractivity contribution is 6.21. The molecule has 0 atom stereocenters. The number of cyclic esters (lactones) is 1. The van der Waals surface area contributed by atoms with Crippen molar-refractivity contribution < 1.29 is 9.53 Å². The average molecular weight is 263 g/mol. The number of benzene rings is 1. The van der Waals surface area contributed by atoms with Crippen LogP contribution in [0.1, 0.15) is 18.1 Å². The molecule has 1 aromatic carbocycles. The van der Waals surface area contributed by atoms with Crippen LogP contribution in [0.4, 0.5) is 0 Å². The van der Waals surface area contributed by atoms with Gasteiger partial charge in [-0.15, -0.1) is 0 Å². The molecular weight excluding hydrogens is 250 g/mol. The van der Waals surface area contributed by atoms with Gasteiger partial charge in [-0.05, 0) is 36.3 Å². The highest BCUT2D eigenvalue weighted by Gasteiger charge is 2.27. The molecule has 0 saturated carbocycles. The summed E-state index contributed by atoms with van der Waals surface area (Å²) in [4.78, 5) is 16.0. The minimum absolute atomic E-state index is 0.297. The van der Waals surface area contributed by atoms with Gasteiger partial charge in [-0.1, -0.05) is 30.3 Å². The van der Waals surface area contributed by atoms with Crippen molar-refractivity contribution in [3.05, 3.63) is 77.3 Å². The predicted octanol–water partition coefficient (Wildman–Crippen LogP) is 3.45.